The Hall–Kier alpha value is -2.40. The first-order chi connectivity index (χ1) is 12.1. The predicted molar refractivity (Wildman–Crippen MR) is 101 cm³/mol. The third-order valence-corrected chi connectivity index (χ3v) is 4.98. The van der Waals surface area contributed by atoms with E-state index in [-0.39, 0.29) is 5.91 Å². The molecule has 5 nitrogen and oxygen atoms in total. The lowest BCUT2D eigenvalue weighted by Crippen LogP contribution is -2.48. The maximum atomic E-state index is 12.8. The van der Waals surface area contributed by atoms with Gasteiger partial charge in [0.2, 0.25) is 0 Å². The molecular weight excluding hydrogens is 312 g/mol. The summed E-state index contributed by atoms with van der Waals surface area (Å²) in [5.74, 6) is 0.0628. The molecule has 5 heteroatoms. The van der Waals surface area contributed by atoms with Crippen LogP contribution in [-0.2, 0) is 0 Å². The Morgan fingerprint density at radius 1 is 1.16 bits per heavy atom. The minimum Gasteiger partial charge on any atom is -0.354 e. The maximum absolute atomic E-state index is 12.8. The van der Waals surface area contributed by atoms with E-state index in [1.807, 2.05) is 23.1 Å². The molecule has 0 spiro atoms. The van der Waals surface area contributed by atoms with Gasteiger partial charge in [0, 0.05) is 38.1 Å². The molecule has 1 aliphatic rings. The van der Waals surface area contributed by atoms with Crippen LogP contribution in [0.3, 0.4) is 0 Å². The number of likely N-dealkylation sites (N-methyl/N-ethyl adjacent to an activating group) is 1. The van der Waals surface area contributed by atoms with E-state index in [0.717, 1.165) is 44.1 Å². The Balaban J connectivity index is 1.73. The monoisotopic (exact) mass is 338 g/mol. The molecule has 2 aromatic rings. The van der Waals surface area contributed by atoms with Gasteiger partial charge in [0.15, 0.2) is 0 Å². The van der Waals surface area contributed by atoms with Crippen LogP contribution in [0.2, 0.25) is 0 Å². The molecule has 0 aliphatic carbocycles. The second kappa shape index (κ2) is 7.66. The summed E-state index contributed by atoms with van der Waals surface area (Å²) in [6.45, 7) is 10.8. The number of amides is 1. The number of aromatic nitrogens is 1. The molecule has 0 saturated carbocycles. The summed E-state index contributed by atoms with van der Waals surface area (Å²) in [5.41, 5.74) is 4.96. The van der Waals surface area contributed by atoms with Crippen LogP contribution in [0.25, 0.3) is 0 Å². The van der Waals surface area contributed by atoms with E-state index in [4.69, 9.17) is 0 Å². The number of piperazine rings is 1. The van der Waals surface area contributed by atoms with E-state index < -0.39 is 0 Å². The van der Waals surface area contributed by atoms with Crippen molar-refractivity contribution in [2.24, 2.45) is 0 Å². The molecule has 3 rings (SSSR count). The molecule has 1 N–H and O–H groups in total. The zero-order chi connectivity index (χ0) is 17.8. The van der Waals surface area contributed by atoms with E-state index in [0.29, 0.717) is 5.56 Å². The zero-order valence-electron chi connectivity index (χ0n) is 15.2. The summed E-state index contributed by atoms with van der Waals surface area (Å²) in [5, 5.41) is 3.39. The van der Waals surface area contributed by atoms with Crippen molar-refractivity contribution in [2.45, 2.75) is 20.8 Å². The summed E-state index contributed by atoms with van der Waals surface area (Å²) in [4.78, 5) is 21.3. The quantitative estimate of drug-likeness (QED) is 0.930. The lowest BCUT2D eigenvalue weighted by atomic mass is 10.1. The van der Waals surface area contributed by atoms with Crippen LogP contribution in [0.1, 0.15) is 28.4 Å². The minimum atomic E-state index is 0.0628. The molecule has 1 saturated heterocycles. The molecule has 0 atom stereocenters. The number of hydrogen-bond acceptors (Lipinski definition) is 4. The summed E-state index contributed by atoms with van der Waals surface area (Å²) in [6, 6.07) is 8.05. The lowest BCUT2D eigenvalue weighted by molar-refractivity contribution is 0.0643. The van der Waals surface area contributed by atoms with E-state index >= 15 is 0 Å². The minimum absolute atomic E-state index is 0.0628. The van der Waals surface area contributed by atoms with Gasteiger partial charge in [-0.1, -0.05) is 19.1 Å². The van der Waals surface area contributed by atoms with Crippen LogP contribution in [-0.4, -0.2) is 53.4 Å². The Labute approximate surface area is 149 Å². The molecule has 0 radical (unpaired) electrons. The average molecular weight is 338 g/mol. The maximum Gasteiger partial charge on any atom is 0.255 e. The van der Waals surface area contributed by atoms with E-state index in [9.17, 15) is 4.79 Å². The number of carbonyl (C=O) groups is 1. The Bertz CT molecular complexity index is 751. The molecule has 25 heavy (non-hydrogen) atoms. The van der Waals surface area contributed by atoms with Crippen molar-refractivity contribution in [3.8, 4) is 0 Å². The number of benzene rings is 1. The van der Waals surface area contributed by atoms with Crippen molar-refractivity contribution in [1.82, 2.24) is 14.8 Å². The van der Waals surface area contributed by atoms with Gasteiger partial charge in [-0.15, -0.1) is 0 Å². The standard InChI is InChI=1S/C20H26N4O/c1-4-23-8-10-24(11-9-23)20(25)17-12-18(14-21-13-17)22-19-7-5-6-15(2)16(19)3/h5-7,12-14,22H,4,8-11H2,1-3H3. The lowest BCUT2D eigenvalue weighted by Gasteiger charge is -2.34. The SMILES string of the molecule is CCN1CCN(C(=O)c2cncc(Nc3cccc(C)c3C)c2)CC1. The number of hydrogen-bond donors (Lipinski definition) is 1. The van der Waals surface area contributed by atoms with Crippen molar-refractivity contribution in [3.05, 3.63) is 53.3 Å². The summed E-state index contributed by atoms with van der Waals surface area (Å²) in [7, 11) is 0. The zero-order valence-corrected chi connectivity index (χ0v) is 15.2. The molecular formula is C20H26N4O. The molecule has 1 aromatic heterocycles. The van der Waals surface area contributed by atoms with Gasteiger partial charge in [-0.25, -0.2) is 0 Å². The summed E-state index contributed by atoms with van der Waals surface area (Å²) < 4.78 is 0. The van der Waals surface area contributed by atoms with Gasteiger partial charge in [0.05, 0.1) is 17.4 Å². The highest BCUT2D eigenvalue weighted by molar-refractivity contribution is 5.95. The summed E-state index contributed by atoms with van der Waals surface area (Å²) in [6.07, 6.45) is 3.41. The van der Waals surface area contributed by atoms with Crippen LogP contribution in [0, 0.1) is 13.8 Å². The second-order valence-electron chi connectivity index (χ2n) is 6.56. The largest absolute Gasteiger partial charge is 0.354 e. The molecule has 1 aromatic carbocycles. The van der Waals surface area contributed by atoms with Crippen LogP contribution in [0.4, 0.5) is 11.4 Å². The molecule has 0 unspecified atom stereocenters. The Morgan fingerprint density at radius 2 is 1.92 bits per heavy atom. The van der Waals surface area contributed by atoms with E-state index in [1.165, 1.54) is 11.1 Å². The normalized spacial score (nSPS) is 15.2. The van der Waals surface area contributed by atoms with Crippen molar-refractivity contribution >= 4 is 17.3 Å². The molecule has 0 bridgehead atoms. The number of rotatable bonds is 4. The third kappa shape index (κ3) is 3.99. The van der Waals surface area contributed by atoms with Gasteiger partial charge in [-0.2, -0.15) is 0 Å². The van der Waals surface area contributed by atoms with Gasteiger partial charge in [-0.05, 0) is 43.7 Å². The number of pyridine rings is 1. The average Bonchev–Trinajstić information content (AvgIpc) is 2.65. The molecule has 1 fully saturated rings. The number of carbonyl (C=O) groups excluding carboxylic acids is 1. The first-order valence-electron chi connectivity index (χ1n) is 8.88. The van der Waals surface area contributed by atoms with Gasteiger partial charge >= 0.3 is 0 Å². The van der Waals surface area contributed by atoms with Gasteiger partial charge in [0.25, 0.3) is 5.91 Å². The second-order valence-corrected chi connectivity index (χ2v) is 6.56. The molecule has 132 valence electrons. The first-order valence-corrected chi connectivity index (χ1v) is 8.88. The predicted octanol–water partition coefficient (Wildman–Crippen LogP) is 3.22. The smallest absolute Gasteiger partial charge is 0.255 e. The fourth-order valence-electron chi connectivity index (χ4n) is 3.12. The highest BCUT2D eigenvalue weighted by Crippen LogP contribution is 2.23. The fourth-order valence-corrected chi connectivity index (χ4v) is 3.12. The van der Waals surface area contributed by atoms with E-state index in [2.05, 4.69) is 42.0 Å². The van der Waals surface area contributed by atoms with Gasteiger partial charge in [-0.3, -0.25) is 9.78 Å². The molecule has 2 heterocycles. The van der Waals surface area contributed by atoms with Gasteiger partial charge < -0.3 is 15.1 Å². The third-order valence-electron chi connectivity index (χ3n) is 4.98. The fraction of sp³-hybridized carbons (Fsp3) is 0.400. The van der Waals surface area contributed by atoms with Crippen molar-refractivity contribution in [1.29, 1.82) is 0 Å². The first kappa shape index (κ1) is 17.4. The topological polar surface area (TPSA) is 48.5 Å². The van der Waals surface area contributed by atoms with Crippen LogP contribution in [0.5, 0.6) is 0 Å². The molecule has 1 aliphatic heterocycles. The van der Waals surface area contributed by atoms with E-state index in [1.54, 1.807) is 12.4 Å². The van der Waals surface area contributed by atoms with Crippen LogP contribution >= 0.6 is 0 Å². The Kier molecular flexibility index (Phi) is 5.34. The Morgan fingerprint density at radius 3 is 2.64 bits per heavy atom. The van der Waals surface area contributed by atoms with Gasteiger partial charge in [0.1, 0.15) is 0 Å². The summed E-state index contributed by atoms with van der Waals surface area (Å²) >= 11 is 0. The molecule has 1 amide bonds. The number of aryl methyl sites for hydroxylation is 1. The van der Waals surface area contributed by atoms with Crippen molar-refractivity contribution in [3.63, 3.8) is 0 Å². The van der Waals surface area contributed by atoms with Crippen LogP contribution < -0.4 is 5.32 Å². The highest BCUT2D eigenvalue weighted by atomic mass is 16.2. The number of nitrogens with one attached hydrogen (secondary N) is 1. The van der Waals surface area contributed by atoms with Crippen LogP contribution in [0.15, 0.2) is 36.7 Å². The number of anilines is 2. The highest BCUT2D eigenvalue weighted by Gasteiger charge is 2.21. The van der Waals surface area contributed by atoms with Crippen molar-refractivity contribution < 1.29 is 4.79 Å². The van der Waals surface area contributed by atoms with Crippen molar-refractivity contribution in [2.75, 3.05) is 38.0 Å². The number of nitrogens with zero attached hydrogens (tertiary/aromatic N) is 3.